The number of nitrogens with zero attached hydrogens (tertiary/aromatic N) is 4. The molecule has 0 unspecified atom stereocenters. The normalized spacial score (nSPS) is 12.0. The highest BCUT2D eigenvalue weighted by Gasteiger charge is 2.07. The summed E-state index contributed by atoms with van der Waals surface area (Å²) in [7, 11) is 6.00. The molecule has 0 fully saturated rings. The van der Waals surface area contributed by atoms with Gasteiger partial charge in [0.05, 0.1) is 6.54 Å². The van der Waals surface area contributed by atoms with Crippen molar-refractivity contribution >= 4 is 5.96 Å². The van der Waals surface area contributed by atoms with Gasteiger partial charge in [-0.15, -0.1) is 0 Å². The fourth-order valence-corrected chi connectivity index (χ4v) is 2.56. The van der Waals surface area contributed by atoms with Crippen molar-refractivity contribution < 1.29 is 0 Å². The quantitative estimate of drug-likeness (QED) is 0.431. The summed E-state index contributed by atoms with van der Waals surface area (Å²) in [5.41, 5.74) is 1.28. The molecule has 1 aromatic rings. The molecule has 0 aromatic carbocycles. The Morgan fingerprint density at radius 2 is 2.00 bits per heavy atom. The van der Waals surface area contributed by atoms with Crippen LogP contribution in [0.1, 0.15) is 32.4 Å². The third-order valence-corrected chi connectivity index (χ3v) is 4.10. The minimum absolute atomic E-state index is 0.864. The lowest BCUT2D eigenvalue weighted by Gasteiger charge is -2.23. The zero-order valence-electron chi connectivity index (χ0n) is 15.0. The molecule has 1 aromatic heterocycles. The van der Waals surface area contributed by atoms with Gasteiger partial charge in [-0.1, -0.05) is 13.8 Å². The van der Waals surface area contributed by atoms with Crippen LogP contribution in [0.3, 0.4) is 0 Å². The highest BCUT2D eigenvalue weighted by Crippen LogP contribution is 2.03. The number of aromatic nitrogens is 1. The Balaban J connectivity index is 2.29. The van der Waals surface area contributed by atoms with E-state index in [1.165, 1.54) is 25.1 Å². The summed E-state index contributed by atoms with van der Waals surface area (Å²) >= 11 is 0. The van der Waals surface area contributed by atoms with Crippen LogP contribution in [0.5, 0.6) is 0 Å². The molecule has 5 heteroatoms. The average Bonchev–Trinajstić information content (AvgIpc) is 2.92. The molecule has 5 nitrogen and oxygen atoms in total. The molecule has 0 aliphatic carbocycles. The van der Waals surface area contributed by atoms with E-state index >= 15 is 0 Å². The van der Waals surface area contributed by atoms with Crippen molar-refractivity contribution in [2.75, 3.05) is 40.3 Å². The van der Waals surface area contributed by atoms with Crippen molar-refractivity contribution in [3.8, 4) is 0 Å². The van der Waals surface area contributed by atoms with Gasteiger partial charge in [-0.05, 0) is 44.6 Å². The van der Waals surface area contributed by atoms with Gasteiger partial charge in [0.15, 0.2) is 5.96 Å². The molecular formula is C17H33N5. The lowest BCUT2D eigenvalue weighted by Crippen LogP contribution is -2.39. The van der Waals surface area contributed by atoms with Gasteiger partial charge in [-0.25, -0.2) is 0 Å². The Kier molecular flexibility index (Phi) is 8.67. The molecule has 1 rings (SSSR count). The number of hydrogen-bond donors (Lipinski definition) is 1. The minimum Gasteiger partial charge on any atom is -0.356 e. The van der Waals surface area contributed by atoms with Crippen LogP contribution in [-0.4, -0.2) is 60.6 Å². The number of guanidine groups is 1. The van der Waals surface area contributed by atoms with Crippen molar-refractivity contribution in [2.24, 2.45) is 12.0 Å². The monoisotopic (exact) mass is 307 g/mol. The van der Waals surface area contributed by atoms with Crippen LogP contribution in [0.15, 0.2) is 23.3 Å². The molecule has 0 aliphatic heterocycles. The number of unbranched alkanes of at least 4 members (excludes halogenated alkanes) is 1. The van der Waals surface area contributed by atoms with E-state index in [0.29, 0.717) is 0 Å². The van der Waals surface area contributed by atoms with Crippen LogP contribution in [-0.2, 0) is 13.6 Å². The van der Waals surface area contributed by atoms with E-state index < -0.39 is 0 Å². The van der Waals surface area contributed by atoms with Gasteiger partial charge in [-0.2, -0.15) is 0 Å². The summed E-state index contributed by atoms with van der Waals surface area (Å²) in [6.45, 7) is 9.76. The summed E-state index contributed by atoms with van der Waals surface area (Å²) in [4.78, 5) is 9.01. The number of nitrogens with one attached hydrogen (secondary N) is 1. The average molecular weight is 307 g/mol. The van der Waals surface area contributed by atoms with Crippen molar-refractivity contribution in [1.29, 1.82) is 0 Å². The summed E-state index contributed by atoms with van der Waals surface area (Å²) in [5, 5.41) is 3.46. The molecule has 1 N–H and O–H groups in total. The fourth-order valence-electron chi connectivity index (χ4n) is 2.56. The van der Waals surface area contributed by atoms with Crippen LogP contribution in [0.2, 0.25) is 0 Å². The summed E-state index contributed by atoms with van der Waals surface area (Å²) < 4.78 is 2.15. The number of hydrogen-bond acceptors (Lipinski definition) is 2. The fraction of sp³-hybridized carbons (Fsp3) is 0.706. The molecular weight excluding hydrogens is 274 g/mol. The van der Waals surface area contributed by atoms with Crippen LogP contribution in [0.4, 0.5) is 0 Å². The van der Waals surface area contributed by atoms with Crippen LogP contribution in [0.25, 0.3) is 0 Å². The highest BCUT2D eigenvalue weighted by molar-refractivity contribution is 5.79. The Hall–Kier alpha value is -1.49. The standard InChI is InChI=1S/C17H33N5/c1-6-22(7-2)14-9-8-12-19-17(18-3)21(5)15-16-11-10-13-20(16)4/h10-11,13H,6-9,12,14-15H2,1-5H3,(H,18,19). The minimum atomic E-state index is 0.864. The van der Waals surface area contributed by atoms with Gasteiger partial charge in [0, 0.05) is 39.6 Å². The molecule has 0 atom stereocenters. The van der Waals surface area contributed by atoms with Crippen molar-refractivity contribution in [2.45, 2.75) is 33.2 Å². The molecule has 0 saturated heterocycles. The Labute approximate surface area is 136 Å². The third kappa shape index (κ3) is 6.10. The number of aryl methyl sites for hydroxylation is 1. The molecule has 0 aliphatic rings. The maximum atomic E-state index is 4.38. The predicted octanol–water partition coefficient (Wildman–Crippen LogP) is 2.15. The van der Waals surface area contributed by atoms with Gasteiger partial charge in [-0.3, -0.25) is 4.99 Å². The van der Waals surface area contributed by atoms with Crippen molar-refractivity contribution in [3.63, 3.8) is 0 Å². The first-order valence-corrected chi connectivity index (χ1v) is 8.36. The molecule has 1 heterocycles. The van der Waals surface area contributed by atoms with E-state index in [-0.39, 0.29) is 0 Å². The van der Waals surface area contributed by atoms with Crippen LogP contribution >= 0.6 is 0 Å². The molecule has 0 bridgehead atoms. The van der Waals surface area contributed by atoms with E-state index in [9.17, 15) is 0 Å². The van der Waals surface area contributed by atoms with Gasteiger partial charge >= 0.3 is 0 Å². The second-order valence-corrected chi connectivity index (χ2v) is 5.67. The first-order valence-electron chi connectivity index (χ1n) is 8.36. The molecule has 0 spiro atoms. The zero-order valence-corrected chi connectivity index (χ0v) is 15.0. The molecule has 0 radical (unpaired) electrons. The van der Waals surface area contributed by atoms with Crippen LogP contribution < -0.4 is 5.32 Å². The third-order valence-electron chi connectivity index (χ3n) is 4.10. The van der Waals surface area contributed by atoms with E-state index in [2.05, 4.69) is 70.9 Å². The summed E-state index contributed by atoms with van der Waals surface area (Å²) in [6.07, 6.45) is 4.48. The van der Waals surface area contributed by atoms with E-state index in [4.69, 9.17) is 0 Å². The summed E-state index contributed by atoms with van der Waals surface area (Å²) in [5.74, 6) is 0.962. The second-order valence-electron chi connectivity index (χ2n) is 5.67. The lowest BCUT2D eigenvalue weighted by atomic mass is 10.3. The topological polar surface area (TPSA) is 35.8 Å². The van der Waals surface area contributed by atoms with E-state index in [1.807, 2.05) is 7.05 Å². The largest absolute Gasteiger partial charge is 0.356 e. The maximum absolute atomic E-state index is 4.38. The smallest absolute Gasteiger partial charge is 0.193 e. The number of aliphatic imine (C=N–C) groups is 1. The Bertz CT molecular complexity index is 434. The SMILES string of the molecule is CCN(CC)CCCCNC(=NC)N(C)Cc1cccn1C. The first kappa shape index (κ1) is 18.6. The summed E-state index contributed by atoms with van der Waals surface area (Å²) in [6, 6.07) is 4.22. The zero-order chi connectivity index (χ0) is 16.4. The van der Waals surface area contributed by atoms with Gasteiger partial charge < -0.3 is 19.7 Å². The molecule has 22 heavy (non-hydrogen) atoms. The Morgan fingerprint density at radius 1 is 1.27 bits per heavy atom. The first-order chi connectivity index (χ1) is 10.6. The van der Waals surface area contributed by atoms with Gasteiger partial charge in [0.25, 0.3) is 0 Å². The predicted molar refractivity (Wildman–Crippen MR) is 95.3 cm³/mol. The lowest BCUT2D eigenvalue weighted by molar-refractivity contribution is 0.297. The van der Waals surface area contributed by atoms with Gasteiger partial charge in [0.1, 0.15) is 0 Å². The van der Waals surface area contributed by atoms with Crippen molar-refractivity contribution in [3.05, 3.63) is 24.0 Å². The maximum Gasteiger partial charge on any atom is 0.193 e. The van der Waals surface area contributed by atoms with Crippen molar-refractivity contribution in [1.82, 2.24) is 19.7 Å². The van der Waals surface area contributed by atoms with Crippen LogP contribution in [0, 0.1) is 0 Å². The molecule has 0 saturated carbocycles. The second kappa shape index (κ2) is 10.3. The highest BCUT2D eigenvalue weighted by atomic mass is 15.3. The van der Waals surface area contributed by atoms with Gasteiger partial charge in [0.2, 0.25) is 0 Å². The molecule has 126 valence electrons. The Morgan fingerprint density at radius 3 is 2.55 bits per heavy atom. The van der Waals surface area contributed by atoms with E-state index in [0.717, 1.165) is 32.1 Å². The number of rotatable bonds is 9. The van der Waals surface area contributed by atoms with E-state index in [1.54, 1.807) is 0 Å². The molecule has 0 amide bonds.